The molecule has 0 saturated carbocycles. The van der Waals surface area contributed by atoms with Gasteiger partial charge in [0.15, 0.2) is 6.61 Å². The molecular formula is C24H22N2O3. The van der Waals surface area contributed by atoms with Gasteiger partial charge in [-0.3, -0.25) is 9.59 Å². The van der Waals surface area contributed by atoms with Crippen molar-refractivity contribution in [2.45, 2.75) is 19.4 Å². The van der Waals surface area contributed by atoms with E-state index in [1.807, 2.05) is 73.7 Å². The number of fused-ring (bicyclic) bond motifs is 2. The van der Waals surface area contributed by atoms with Gasteiger partial charge in [-0.2, -0.15) is 0 Å². The second-order valence-corrected chi connectivity index (χ2v) is 7.05. The summed E-state index contributed by atoms with van der Waals surface area (Å²) >= 11 is 0. The highest BCUT2D eigenvalue weighted by molar-refractivity contribution is 5.89. The van der Waals surface area contributed by atoms with E-state index in [0.29, 0.717) is 0 Å². The summed E-state index contributed by atoms with van der Waals surface area (Å²) in [5.74, 6) is -0.750. The van der Waals surface area contributed by atoms with E-state index >= 15 is 0 Å². The minimum absolute atomic E-state index is 0.121. The molecule has 0 saturated heterocycles. The maximum atomic E-state index is 12.3. The molecule has 29 heavy (non-hydrogen) atoms. The predicted molar refractivity (Wildman–Crippen MR) is 113 cm³/mol. The molecule has 4 rings (SSSR count). The SMILES string of the molecule is C[C@H](NC(=O)COC(=O)Cc1c[nH]c2ccccc12)c1cccc2ccccc12. The van der Waals surface area contributed by atoms with Crippen LogP contribution in [0, 0.1) is 0 Å². The normalized spacial score (nSPS) is 12.0. The summed E-state index contributed by atoms with van der Waals surface area (Å²) in [7, 11) is 0. The smallest absolute Gasteiger partial charge is 0.310 e. The topological polar surface area (TPSA) is 71.2 Å². The van der Waals surface area contributed by atoms with E-state index in [2.05, 4.69) is 10.3 Å². The highest BCUT2D eigenvalue weighted by Crippen LogP contribution is 2.24. The lowest BCUT2D eigenvalue weighted by molar-refractivity contribution is -0.148. The van der Waals surface area contributed by atoms with Gasteiger partial charge in [0.1, 0.15) is 0 Å². The number of hydrogen-bond acceptors (Lipinski definition) is 3. The minimum atomic E-state index is -0.428. The van der Waals surface area contributed by atoms with Crippen LogP contribution in [-0.2, 0) is 20.7 Å². The van der Waals surface area contributed by atoms with Crippen molar-refractivity contribution in [3.63, 3.8) is 0 Å². The summed E-state index contributed by atoms with van der Waals surface area (Å²) in [4.78, 5) is 27.6. The molecule has 0 bridgehead atoms. The number of benzene rings is 3. The maximum absolute atomic E-state index is 12.3. The molecule has 0 aliphatic carbocycles. The zero-order chi connectivity index (χ0) is 20.2. The van der Waals surface area contributed by atoms with Crippen LogP contribution in [0.25, 0.3) is 21.7 Å². The number of hydrogen-bond donors (Lipinski definition) is 2. The number of esters is 1. The molecule has 5 nitrogen and oxygen atoms in total. The van der Waals surface area contributed by atoms with Crippen LogP contribution >= 0.6 is 0 Å². The molecule has 146 valence electrons. The number of H-pyrrole nitrogens is 1. The molecule has 1 aromatic heterocycles. The molecule has 2 N–H and O–H groups in total. The van der Waals surface area contributed by atoms with Gasteiger partial charge in [-0.15, -0.1) is 0 Å². The number of aromatic amines is 1. The molecule has 0 aliphatic heterocycles. The molecule has 1 heterocycles. The Labute approximate surface area is 168 Å². The Bertz CT molecular complexity index is 1170. The van der Waals surface area contributed by atoms with Gasteiger partial charge < -0.3 is 15.0 Å². The Balaban J connectivity index is 1.34. The summed E-state index contributed by atoms with van der Waals surface area (Å²) in [6.45, 7) is 1.63. The van der Waals surface area contributed by atoms with E-state index in [0.717, 1.165) is 32.8 Å². The quantitative estimate of drug-likeness (QED) is 0.486. The summed E-state index contributed by atoms with van der Waals surface area (Å²) < 4.78 is 5.19. The molecule has 0 spiro atoms. The van der Waals surface area contributed by atoms with Crippen molar-refractivity contribution in [1.82, 2.24) is 10.3 Å². The standard InChI is InChI=1S/C24H22N2O3/c1-16(19-11-6-8-17-7-2-3-9-20(17)19)26-23(27)15-29-24(28)13-18-14-25-22-12-5-4-10-21(18)22/h2-12,14,16,25H,13,15H2,1H3,(H,26,27)/t16-/m0/s1. The Hall–Kier alpha value is -3.60. The van der Waals surface area contributed by atoms with Crippen molar-refractivity contribution in [2.75, 3.05) is 6.61 Å². The van der Waals surface area contributed by atoms with Crippen LogP contribution in [0.5, 0.6) is 0 Å². The van der Waals surface area contributed by atoms with Crippen molar-refractivity contribution >= 4 is 33.6 Å². The lowest BCUT2D eigenvalue weighted by atomic mass is 10.00. The van der Waals surface area contributed by atoms with E-state index in [1.165, 1.54) is 0 Å². The highest BCUT2D eigenvalue weighted by Gasteiger charge is 2.15. The van der Waals surface area contributed by atoms with Gasteiger partial charge >= 0.3 is 5.97 Å². The first kappa shape index (κ1) is 18.7. The summed E-state index contributed by atoms with van der Waals surface area (Å²) in [6, 6.07) is 21.6. The van der Waals surface area contributed by atoms with Gasteiger partial charge in [0.05, 0.1) is 12.5 Å². The van der Waals surface area contributed by atoms with Crippen molar-refractivity contribution in [3.05, 3.63) is 84.1 Å². The highest BCUT2D eigenvalue weighted by atomic mass is 16.5. The molecule has 0 aliphatic rings. The van der Waals surface area contributed by atoms with Gasteiger partial charge in [-0.25, -0.2) is 0 Å². The van der Waals surface area contributed by atoms with Crippen molar-refractivity contribution in [3.8, 4) is 0 Å². The fourth-order valence-electron chi connectivity index (χ4n) is 3.62. The minimum Gasteiger partial charge on any atom is -0.455 e. The molecule has 0 unspecified atom stereocenters. The van der Waals surface area contributed by atoms with E-state index in [-0.39, 0.29) is 25.0 Å². The third kappa shape index (κ3) is 4.14. The van der Waals surface area contributed by atoms with Gasteiger partial charge in [0.25, 0.3) is 5.91 Å². The second kappa shape index (κ2) is 8.19. The maximum Gasteiger partial charge on any atom is 0.310 e. The number of ether oxygens (including phenoxy) is 1. The monoisotopic (exact) mass is 386 g/mol. The van der Waals surface area contributed by atoms with E-state index in [9.17, 15) is 9.59 Å². The van der Waals surface area contributed by atoms with Crippen LogP contribution < -0.4 is 5.32 Å². The second-order valence-electron chi connectivity index (χ2n) is 7.05. The number of aromatic nitrogens is 1. The zero-order valence-electron chi connectivity index (χ0n) is 16.1. The first-order chi connectivity index (χ1) is 14.1. The van der Waals surface area contributed by atoms with E-state index in [1.54, 1.807) is 6.20 Å². The molecule has 1 atom stereocenters. The van der Waals surface area contributed by atoms with Crippen molar-refractivity contribution in [2.24, 2.45) is 0 Å². The average molecular weight is 386 g/mol. The average Bonchev–Trinajstić information content (AvgIpc) is 3.14. The number of carbonyl (C=O) groups is 2. The van der Waals surface area contributed by atoms with Gasteiger partial charge in [0, 0.05) is 17.1 Å². The molecule has 0 radical (unpaired) electrons. The number of amides is 1. The van der Waals surface area contributed by atoms with Gasteiger partial charge in [0.2, 0.25) is 0 Å². The van der Waals surface area contributed by atoms with Gasteiger partial charge in [-0.1, -0.05) is 60.7 Å². The molecule has 1 amide bonds. The van der Waals surface area contributed by atoms with E-state index < -0.39 is 5.97 Å². The lowest BCUT2D eigenvalue weighted by Gasteiger charge is -2.16. The van der Waals surface area contributed by atoms with Crippen LogP contribution in [0.1, 0.15) is 24.1 Å². The zero-order valence-corrected chi connectivity index (χ0v) is 16.1. The summed E-state index contributed by atoms with van der Waals surface area (Å²) in [5, 5.41) is 6.11. The van der Waals surface area contributed by atoms with Crippen LogP contribution in [0.15, 0.2) is 72.9 Å². The van der Waals surface area contributed by atoms with Crippen LogP contribution in [0.3, 0.4) is 0 Å². The predicted octanol–water partition coefficient (Wildman–Crippen LogP) is 4.28. The van der Waals surface area contributed by atoms with Crippen LogP contribution in [0.4, 0.5) is 0 Å². The number of nitrogens with one attached hydrogen (secondary N) is 2. The first-order valence-corrected chi connectivity index (χ1v) is 9.59. The van der Waals surface area contributed by atoms with Crippen LogP contribution in [-0.4, -0.2) is 23.5 Å². The number of rotatable bonds is 6. The van der Waals surface area contributed by atoms with Crippen molar-refractivity contribution in [1.29, 1.82) is 0 Å². The Kier molecular flexibility index (Phi) is 5.29. The number of carbonyl (C=O) groups excluding carboxylic acids is 2. The third-order valence-corrected chi connectivity index (χ3v) is 5.04. The molecule has 3 aromatic carbocycles. The lowest BCUT2D eigenvalue weighted by Crippen LogP contribution is -2.31. The molecular weight excluding hydrogens is 364 g/mol. The largest absolute Gasteiger partial charge is 0.455 e. The fourth-order valence-corrected chi connectivity index (χ4v) is 3.62. The Morgan fingerprint density at radius 1 is 0.966 bits per heavy atom. The molecule has 4 aromatic rings. The fraction of sp³-hybridized carbons (Fsp3) is 0.167. The Morgan fingerprint density at radius 3 is 2.55 bits per heavy atom. The molecule has 5 heteroatoms. The Morgan fingerprint density at radius 2 is 1.69 bits per heavy atom. The third-order valence-electron chi connectivity index (χ3n) is 5.04. The van der Waals surface area contributed by atoms with Gasteiger partial charge in [-0.05, 0) is 34.9 Å². The van der Waals surface area contributed by atoms with Crippen LogP contribution in [0.2, 0.25) is 0 Å². The van der Waals surface area contributed by atoms with Crippen molar-refractivity contribution < 1.29 is 14.3 Å². The summed E-state index contributed by atoms with van der Waals surface area (Å²) in [6.07, 6.45) is 1.92. The summed E-state index contributed by atoms with van der Waals surface area (Å²) in [5.41, 5.74) is 2.86. The van der Waals surface area contributed by atoms with E-state index in [4.69, 9.17) is 4.74 Å². The first-order valence-electron chi connectivity index (χ1n) is 9.59. The molecule has 0 fully saturated rings. The number of para-hydroxylation sites is 1.